The second kappa shape index (κ2) is 5.57. The third kappa shape index (κ3) is 2.85. The first-order valence-corrected chi connectivity index (χ1v) is 6.78. The summed E-state index contributed by atoms with van der Waals surface area (Å²) in [5, 5.41) is 13.3. The molecule has 0 saturated carbocycles. The molecule has 0 unspecified atom stereocenters. The Kier molecular flexibility index (Phi) is 4.27. The maximum Gasteiger partial charge on any atom is 0.254 e. The van der Waals surface area contributed by atoms with E-state index >= 15 is 0 Å². The molecule has 1 aromatic carbocycles. The van der Waals surface area contributed by atoms with Crippen molar-refractivity contribution in [3.05, 3.63) is 33.3 Å². The van der Waals surface area contributed by atoms with Gasteiger partial charge < -0.3 is 15.3 Å². The minimum absolute atomic E-state index is 0.147. The molecule has 0 aromatic heterocycles. The largest absolute Gasteiger partial charge is 0.390 e. The topological polar surface area (TPSA) is 52.6 Å². The fourth-order valence-electron chi connectivity index (χ4n) is 2.08. The molecule has 0 radical (unpaired) electrons. The lowest BCUT2D eigenvalue weighted by Crippen LogP contribution is -2.44. The van der Waals surface area contributed by atoms with Crippen LogP contribution >= 0.6 is 27.5 Å². The molecule has 1 aliphatic rings. The van der Waals surface area contributed by atoms with Gasteiger partial charge in [0, 0.05) is 35.2 Å². The van der Waals surface area contributed by atoms with Gasteiger partial charge in [0.15, 0.2) is 0 Å². The van der Waals surface area contributed by atoms with Gasteiger partial charge in [0.1, 0.15) is 0 Å². The number of likely N-dealkylation sites (N-methyl/N-ethyl adjacent to an activating group) is 1. The zero-order chi connectivity index (χ0) is 13.3. The van der Waals surface area contributed by atoms with E-state index in [1.165, 1.54) is 0 Å². The highest BCUT2D eigenvalue weighted by Crippen LogP contribution is 2.21. The zero-order valence-corrected chi connectivity index (χ0v) is 12.2. The molecule has 1 aromatic rings. The Hall–Kier alpha value is -0.620. The van der Waals surface area contributed by atoms with Crippen LogP contribution in [0.5, 0.6) is 0 Å². The van der Waals surface area contributed by atoms with E-state index in [4.69, 9.17) is 11.6 Å². The lowest BCUT2D eigenvalue weighted by Gasteiger charge is -2.26. The molecule has 1 fully saturated rings. The summed E-state index contributed by atoms with van der Waals surface area (Å²) in [4.78, 5) is 13.8. The van der Waals surface area contributed by atoms with Crippen LogP contribution in [0.25, 0.3) is 0 Å². The Morgan fingerprint density at radius 1 is 1.50 bits per heavy atom. The zero-order valence-electron chi connectivity index (χ0n) is 9.86. The summed E-state index contributed by atoms with van der Waals surface area (Å²) >= 11 is 9.23. The first-order chi connectivity index (χ1) is 8.49. The van der Waals surface area contributed by atoms with Crippen molar-refractivity contribution in [1.29, 1.82) is 0 Å². The maximum atomic E-state index is 12.3. The number of hydrogen-bond acceptors (Lipinski definition) is 3. The monoisotopic (exact) mass is 332 g/mol. The van der Waals surface area contributed by atoms with Crippen LogP contribution in [0.4, 0.5) is 0 Å². The predicted octanol–water partition coefficient (Wildman–Crippen LogP) is 1.51. The average Bonchev–Trinajstić information content (AvgIpc) is 2.72. The van der Waals surface area contributed by atoms with Crippen LogP contribution in [0.2, 0.25) is 5.02 Å². The summed E-state index contributed by atoms with van der Waals surface area (Å²) in [7, 11) is 1.69. The van der Waals surface area contributed by atoms with Crippen molar-refractivity contribution in [2.75, 3.05) is 20.1 Å². The van der Waals surface area contributed by atoms with Crippen molar-refractivity contribution >= 4 is 33.4 Å². The average molecular weight is 334 g/mol. The molecule has 4 nitrogen and oxygen atoms in total. The third-order valence-electron chi connectivity index (χ3n) is 3.08. The van der Waals surface area contributed by atoms with Crippen molar-refractivity contribution in [2.24, 2.45) is 0 Å². The van der Waals surface area contributed by atoms with Crippen LogP contribution in [0, 0.1) is 0 Å². The van der Waals surface area contributed by atoms with Crippen molar-refractivity contribution < 1.29 is 9.90 Å². The number of halogens is 2. The summed E-state index contributed by atoms with van der Waals surface area (Å²) in [6.45, 7) is 1.12. The van der Waals surface area contributed by atoms with Crippen LogP contribution in [0.1, 0.15) is 10.4 Å². The molecule has 1 amide bonds. The fourth-order valence-corrected chi connectivity index (χ4v) is 2.94. The molecule has 2 N–H and O–H groups in total. The molecule has 0 spiro atoms. The molecule has 18 heavy (non-hydrogen) atoms. The molecule has 0 bridgehead atoms. The minimum Gasteiger partial charge on any atom is -0.390 e. The number of carbonyl (C=O) groups is 1. The smallest absolute Gasteiger partial charge is 0.254 e. The fraction of sp³-hybridized carbons (Fsp3) is 0.417. The van der Waals surface area contributed by atoms with Gasteiger partial charge in [-0.05, 0) is 18.2 Å². The summed E-state index contributed by atoms with van der Waals surface area (Å²) < 4.78 is 0.761. The number of benzene rings is 1. The molecular formula is C12H14BrClN2O2. The van der Waals surface area contributed by atoms with Crippen molar-refractivity contribution in [1.82, 2.24) is 10.2 Å². The van der Waals surface area contributed by atoms with E-state index in [2.05, 4.69) is 21.2 Å². The highest BCUT2D eigenvalue weighted by Gasteiger charge is 2.31. The van der Waals surface area contributed by atoms with Crippen LogP contribution < -0.4 is 5.32 Å². The summed E-state index contributed by atoms with van der Waals surface area (Å²) in [5.41, 5.74) is 0.510. The van der Waals surface area contributed by atoms with E-state index in [1.54, 1.807) is 30.1 Å². The van der Waals surface area contributed by atoms with Crippen molar-refractivity contribution in [2.45, 2.75) is 12.1 Å². The van der Waals surface area contributed by atoms with E-state index in [-0.39, 0.29) is 11.9 Å². The van der Waals surface area contributed by atoms with E-state index in [1.807, 2.05) is 0 Å². The lowest BCUT2D eigenvalue weighted by atomic mass is 10.1. The Morgan fingerprint density at radius 3 is 2.78 bits per heavy atom. The summed E-state index contributed by atoms with van der Waals surface area (Å²) in [6, 6.07) is 4.87. The third-order valence-corrected chi connectivity index (χ3v) is 3.75. The van der Waals surface area contributed by atoms with Crippen molar-refractivity contribution in [3.63, 3.8) is 0 Å². The maximum absolute atomic E-state index is 12.3. The number of nitrogens with zero attached hydrogens (tertiary/aromatic N) is 1. The number of β-amino-alcohol motifs (C(OH)–C–C–N with tert-alkyl or cyclic N) is 1. The first kappa shape index (κ1) is 13.8. The second-order valence-electron chi connectivity index (χ2n) is 4.37. The molecule has 1 aliphatic heterocycles. The number of aliphatic hydroxyl groups excluding tert-OH is 1. The van der Waals surface area contributed by atoms with Gasteiger partial charge in [0.25, 0.3) is 5.91 Å². The normalized spacial score (nSPS) is 23.1. The summed E-state index contributed by atoms with van der Waals surface area (Å²) in [5.74, 6) is -0.147. The number of rotatable bonds is 2. The van der Waals surface area contributed by atoms with Gasteiger partial charge in [-0.15, -0.1) is 0 Å². The number of hydrogen-bond donors (Lipinski definition) is 2. The van der Waals surface area contributed by atoms with Gasteiger partial charge in [-0.25, -0.2) is 0 Å². The molecule has 6 heteroatoms. The van der Waals surface area contributed by atoms with E-state index in [0.29, 0.717) is 23.7 Å². The molecule has 98 valence electrons. The van der Waals surface area contributed by atoms with Crippen LogP contribution in [0.15, 0.2) is 22.7 Å². The molecule has 1 heterocycles. The molecule has 2 atom stereocenters. The number of nitrogens with one attached hydrogen (secondary N) is 1. The second-order valence-corrected chi connectivity index (χ2v) is 5.72. The standard InChI is InChI=1S/C12H14BrClN2O2/c1-16(10-5-15-6-11(10)17)12(18)7-2-8(13)4-9(14)3-7/h2-4,10-11,15,17H,5-6H2,1H3/t10-,11-/m1/s1. The predicted molar refractivity (Wildman–Crippen MR) is 73.9 cm³/mol. The Morgan fingerprint density at radius 2 is 2.22 bits per heavy atom. The SMILES string of the molecule is CN(C(=O)c1cc(Cl)cc(Br)c1)[C@@H]1CNC[C@H]1O. The van der Waals surface area contributed by atoms with E-state index in [9.17, 15) is 9.90 Å². The van der Waals surface area contributed by atoms with E-state index < -0.39 is 6.10 Å². The molecular weight excluding hydrogens is 320 g/mol. The molecule has 0 aliphatic carbocycles. The first-order valence-electron chi connectivity index (χ1n) is 5.61. The minimum atomic E-state index is -0.526. The Balaban J connectivity index is 2.19. The highest BCUT2D eigenvalue weighted by atomic mass is 79.9. The Bertz CT molecular complexity index is 449. The van der Waals surface area contributed by atoms with Crippen LogP contribution in [0.3, 0.4) is 0 Å². The molecule has 2 rings (SSSR count). The number of carbonyl (C=O) groups excluding carboxylic acids is 1. The number of aliphatic hydroxyl groups is 1. The van der Waals surface area contributed by atoms with Gasteiger partial charge in [0.2, 0.25) is 0 Å². The Labute approximate surface area is 119 Å². The van der Waals surface area contributed by atoms with Gasteiger partial charge in [-0.3, -0.25) is 4.79 Å². The highest BCUT2D eigenvalue weighted by molar-refractivity contribution is 9.10. The summed E-state index contributed by atoms with van der Waals surface area (Å²) in [6.07, 6.45) is -0.526. The lowest BCUT2D eigenvalue weighted by molar-refractivity contribution is 0.0581. The van der Waals surface area contributed by atoms with Gasteiger partial charge in [-0.1, -0.05) is 27.5 Å². The number of amides is 1. The molecule has 1 saturated heterocycles. The van der Waals surface area contributed by atoms with Crippen LogP contribution in [-0.2, 0) is 0 Å². The van der Waals surface area contributed by atoms with Gasteiger partial charge in [0.05, 0.1) is 12.1 Å². The van der Waals surface area contributed by atoms with Gasteiger partial charge in [-0.2, -0.15) is 0 Å². The van der Waals surface area contributed by atoms with E-state index in [0.717, 1.165) is 4.47 Å². The van der Waals surface area contributed by atoms with Gasteiger partial charge >= 0.3 is 0 Å². The van der Waals surface area contributed by atoms with Crippen molar-refractivity contribution in [3.8, 4) is 0 Å². The van der Waals surface area contributed by atoms with Crippen LogP contribution in [-0.4, -0.2) is 48.2 Å². The quantitative estimate of drug-likeness (QED) is 0.862.